The fourth-order valence-corrected chi connectivity index (χ4v) is 2.49. The van der Waals surface area contributed by atoms with Crippen molar-refractivity contribution in [1.82, 2.24) is 10.3 Å². The van der Waals surface area contributed by atoms with Gasteiger partial charge < -0.3 is 5.32 Å². The van der Waals surface area contributed by atoms with E-state index in [0.717, 1.165) is 22.3 Å². The van der Waals surface area contributed by atoms with Gasteiger partial charge in [-0.25, -0.2) is 4.98 Å². The minimum absolute atomic E-state index is 0.614. The molecular formula is C10H13ClN2S. The molecule has 2 rings (SSSR count). The molecule has 0 radical (unpaired) electrons. The van der Waals surface area contributed by atoms with Crippen molar-refractivity contribution in [3.63, 3.8) is 0 Å². The van der Waals surface area contributed by atoms with Crippen LogP contribution in [-0.2, 0) is 6.54 Å². The zero-order valence-corrected chi connectivity index (χ0v) is 9.44. The minimum atomic E-state index is 0.614. The van der Waals surface area contributed by atoms with E-state index in [9.17, 15) is 0 Å². The summed E-state index contributed by atoms with van der Waals surface area (Å²) >= 11 is 7.35. The van der Waals surface area contributed by atoms with Gasteiger partial charge in [0.05, 0.1) is 6.20 Å². The molecule has 0 amide bonds. The first-order valence-electron chi connectivity index (χ1n) is 4.83. The van der Waals surface area contributed by atoms with Crippen LogP contribution in [0.15, 0.2) is 18.3 Å². The van der Waals surface area contributed by atoms with Gasteiger partial charge in [0.2, 0.25) is 0 Å². The molecule has 14 heavy (non-hydrogen) atoms. The van der Waals surface area contributed by atoms with E-state index in [2.05, 4.69) is 22.5 Å². The fourth-order valence-electron chi connectivity index (χ4n) is 1.58. The molecule has 1 heterocycles. The molecule has 1 aliphatic rings. The quantitative estimate of drug-likeness (QED) is 0.805. The summed E-state index contributed by atoms with van der Waals surface area (Å²) in [5.74, 6) is 0. The zero-order chi connectivity index (χ0) is 9.80. The first kappa shape index (κ1) is 10.1. The van der Waals surface area contributed by atoms with Crippen LogP contribution < -0.4 is 5.32 Å². The zero-order valence-electron chi connectivity index (χ0n) is 7.87. The summed E-state index contributed by atoms with van der Waals surface area (Å²) in [6.07, 6.45) is 9.77. The van der Waals surface area contributed by atoms with Gasteiger partial charge in [-0.1, -0.05) is 23.8 Å². The summed E-state index contributed by atoms with van der Waals surface area (Å²) in [4.78, 5) is 4.21. The van der Waals surface area contributed by atoms with Crippen molar-refractivity contribution in [1.29, 1.82) is 0 Å². The number of hydrogen-bond donors (Lipinski definition) is 1. The molecule has 1 aliphatic carbocycles. The van der Waals surface area contributed by atoms with E-state index >= 15 is 0 Å². The van der Waals surface area contributed by atoms with E-state index in [4.69, 9.17) is 11.6 Å². The Morgan fingerprint density at radius 1 is 1.57 bits per heavy atom. The fraction of sp³-hybridized carbons (Fsp3) is 0.500. The second-order valence-electron chi connectivity index (χ2n) is 3.42. The molecule has 1 aromatic heterocycles. The van der Waals surface area contributed by atoms with Crippen molar-refractivity contribution in [2.75, 3.05) is 0 Å². The highest BCUT2D eigenvalue weighted by Gasteiger charge is 2.09. The second-order valence-corrected chi connectivity index (χ2v) is 5.17. The maximum absolute atomic E-state index is 5.80. The molecule has 1 unspecified atom stereocenters. The molecule has 0 fully saturated rings. The Bertz CT molecular complexity index is 322. The van der Waals surface area contributed by atoms with Crippen LogP contribution in [0, 0.1) is 0 Å². The van der Waals surface area contributed by atoms with E-state index in [-0.39, 0.29) is 0 Å². The molecule has 2 nitrogen and oxygen atoms in total. The van der Waals surface area contributed by atoms with Gasteiger partial charge in [-0.05, 0) is 19.3 Å². The van der Waals surface area contributed by atoms with Gasteiger partial charge in [0.25, 0.3) is 0 Å². The molecule has 1 aromatic rings. The molecule has 0 bridgehead atoms. The molecule has 4 heteroatoms. The maximum atomic E-state index is 5.80. The van der Waals surface area contributed by atoms with Gasteiger partial charge in [0, 0.05) is 12.6 Å². The number of nitrogens with zero attached hydrogens (tertiary/aromatic N) is 1. The van der Waals surface area contributed by atoms with Crippen molar-refractivity contribution >= 4 is 22.9 Å². The Morgan fingerprint density at radius 2 is 2.50 bits per heavy atom. The van der Waals surface area contributed by atoms with Gasteiger partial charge in [-0.15, -0.1) is 11.3 Å². The molecule has 0 saturated carbocycles. The average molecular weight is 229 g/mol. The van der Waals surface area contributed by atoms with Crippen molar-refractivity contribution in [3.8, 4) is 0 Å². The number of hydrogen-bond acceptors (Lipinski definition) is 3. The number of rotatable bonds is 3. The summed E-state index contributed by atoms with van der Waals surface area (Å²) in [5, 5.41) is 4.56. The molecule has 1 N–H and O–H groups in total. The first-order chi connectivity index (χ1) is 6.84. The SMILES string of the molecule is Clc1cnc(CNC2CC=CCC2)s1. The van der Waals surface area contributed by atoms with Gasteiger partial charge >= 0.3 is 0 Å². The highest BCUT2D eigenvalue weighted by Crippen LogP contribution is 2.18. The lowest BCUT2D eigenvalue weighted by molar-refractivity contribution is 0.474. The average Bonchev–Trinajstić information content (AvgIpc) is 2.63. The van der Waals surface area contributed by atoms with Gasteiger partial charge in [0.15, 0.2) is 0 Å². The largest absolute Gasteiger partial charge is 0.307 e. The van der Waals surface area contributed by atoms with E-state index in [1.165, 1.54) is 12.8 Å². The summed E-state index contributed by atoms with van der Waals surface area (Å²) in [7, 11) is 0. The normalized spacial score (nSPS) is 21.4. The molecule has 0 spiro atoms. The Hall–Kier alpha value is -0.380. The monoisotopic (exact) mass is 228 g/mol. The number of thiazole rings is 1. The van der Waals surface area contributed by atoms with Crippen LogP contribution in [-0.4, -0.2) is 11.0 Å². The van der Waals surface area contributed by atoms with Crippen molar-refractivity contribution in [2.45, 2.75) is 31.8 Å². The smallest absolute Gasteiger partial charge is 0.113 e. The second kappa shape index (κ2) is 4.91. The molecule has 0 aliphatic heterocycles. The van der Waals surface area contributed by atoms with Crippen molar-refractivity contribution < 1.29 is 0 Å². The summed E-state index contributed by atoms with van der Waals surface area (Å²) in [5.41, 5.74) is 0. The van der Waals surface area contributed by atoms with Gasteiger partial charge in [0.1, 0.15) is 9.34 Å². The third-order valence-electron chi connectivity index (χ3n) is 2.34. The van der Waals surface area contributed by atoms with E-state index in [1.54, 1.807) is 17.5 Å². The lowest BCUT2D eigenvalue weighted by Gasteiger charge is -2.18. The highest BCUT2D eigenvalue weighted by atomic mass is 35.5. The lowest BCUT2D eigenvalue weighted by Crippen LogP contribution is -2.29. The lowest BCUT2D eigenvalue weighted by atomic mass is 10.0. The number of aromatic nitrogens is 1. The van der Waals surface area contributed by atoms with Crippen LogP contribution in [0.2, 0.25) is 4.34 Å². The first-order valence-corrected chi connectivity index (χ1v) is 6.02. The van der Waals surface area contributed by atoms with E-state index < -0.39 is 0 Å². The minimum Gasteiger partial charge on any atom is -0.307 e. The summed E-state index contributed by atoms with van der Waals surface area (Å²) in [6, 6.07) is 0.614. The summed E-state index contributed by atoms with van der Waals surface area (Å²) in [6.45, 7) is 0.843. The third kappa shape index (κ3) is 2.80. The van der Waals surface area contributed by atoms with Crippen LogP contribution in [0.25, 0.3) is 0 Å². The molecule has 76 valence electrons. The molecular weight excluding hydrogens is 216 g/mol. The predicted octanol–water partition coefficient (Wildman–Crippen LogP) is 2.99. The molecule has 0 aromatic carbocycles. The van der Waals surface area contributed by atoms with Gasteiger partial charge in [-0.2, -0.15) is 0 Å². The number of halogens is 1. The number of nitrogens with one attached hydrogen (secondary N) is 1. The Balaban J connectivity index is 1.79. The van der Waals surface area contributed by atoms with Crippen LogP contribution >= 0.6 is 22.9 Å². The number of allylic oxidation sites excluding steroid dienone is 1. The van der Waals surface area contributed by atoms with Crippen molar-refractivity contribution in [2.24, 2.45) is 0 Å². The Labute approximate surface area is 93.0 Å². The van der Waals surface area contributed by atoms with E-state index in [0.29, 0.717) is 6.04 Å². The van der Waals surface area contributed by atoms with E-state index in [1.807, 2.05) is 0 Å². The summed E-state index contributed by atoms with van der Waals surface area (Å²) < 4.78 is 0.769. The van der Waals surface area contributed by atoms with Crippen LogP contribution in [0.3, 0.4) is 0 Å². The van der Waals surface area contributed by atoms with Crippen LogP contribution in [0.4, 0.5) is 0 Å². The standard InChI is InChI=1S/C10H13ClN2S/c11-9-6-13-10(14-9)7-12-8-4-2-1-3-5-8/h1-2,6,8,12H,3-5,7H2. The van der Waals surface area contributed by atoms with Crippen LogP contribution in [0.5, 0.6) is 0 Å². The van der Waals surface area contributed by atoms with Crippen LogP contribution in [0.1, 0.15) is 24.3 Å². The Morgan fingerprint density at radius 3 is 3.14 bits per heavy atom. The Kier molecular flexibility index (Phi) is 3.56. The molecule has 0 saturated heterocycles. The predicted molar refractivity (Wildman–Crippen MR) is 60.7 cm³/mol. The van der Waals surface area contributed by atoms with Crippen molar-refractivity contribution in [3.05, 3.63) is 27.7 Å². The maximum Gasteiger partial charge on any atom is 0.113 e. The molecule has 1 atom stereocenters. The topological polar surface area (TPSA) is 24.9 Å². The highest BCUT2D eigenvalue weighted by molar-refractivity contribution is 7.15. The third-order valence-corrected chi connectivity index (χ3v) is 3.45. The van der Waals surface area contributed by atoms with Gasteiger partial charge in [-0.3, -0.25) is 0 Å².